The molecule has 5 heteroatoms. The van der Waals surface area contributed by atoms with E-state index < -0.39 is 5.51 Å². The predicted octanol–water partition coefficient (Wildman–Crippen LogP) is 4.67. The maximum Gasteiger partial charge on any atom is 0.446 e. The van der Waals surface area contributed by atoms with Gasteiger partial charge in [-0.25, -0.2) is 0 Å². The average Bonchev–Trinajstić information content (AvgIpc) is 2.28. The van der Waals surface area contributed by atoms with Gasteiger partial charge in [0.1, 0.15) is 0 Å². The molecule has 0 aliphatic heterocycles. The lowest BCUT2D eigenvalue weighted by Crippen LogP contribution is -1.99. The van der Waals surface area contributed by atoms with Crippen LogP contribution in [0.4, 0.5) is 13.2 Å². The second-order valence-corrected chi connectivity index (χ2v) is 4.93. The smallest absolute Gasteiger partial charge is 0.256 e. The molecule has 94 valence electrons. The summed E-state index contributed by atoms with van der Waals surface area (Å²) in [4.78, 5) is 4.24. The Balaban J connectivity index is 2.29. The maximum atomic E-state index is 12.3. The number of alkyl halides is 3. The van der Waals surface area contributed by atoms with Gasteiger partial charge in [-0.05, 0) is 30.8 Å². The molecule has 0 amide bonds. The Hall–Kier alpha value is -1.49. The van der Waals surface area contributed by atoms with E-state index in [2.05, 4.69) is 4.98 Å². The normalized spacial score (nSPS) is 11.6. The minimum Gasteiger partial charge on any atom is -0.256 e. The minimum atomic E-state index is -4.27. The van der Waals surface area contributed by atoms with Crippen molar-refractivity contribution in [3.63, 3.8) is 0 Å². The number of benzene rings is 1. The standard InChI is InChI=1S/C13H10F3NS/c1-9-2-4-10(5-3-9)12-8-11(6-7-17-12)18-13(14,15)16/h2-8H,1H3. The molecule has 18 heavy (non-hydrogen) atoms. The summed E-state index contributed by atoms with van der Waals surface area (Å²) in [7, 11) is 0. The SMILES string of the molecule is Cc1ccc(-c2cc(SC(F)(F)F)ccn2)cc1. The first kappa shape index (κ1) is 13.0. The number of aromatic nitrogens is 1. The summed E-state index contributed by atoms with van der Waals surface area (Å²) in [5.41, 5.74) is -1.82. The zero-order valence-electron chi connectivity index (χ0n) is 9.53. The number of pyridine rings is 1. The molecule has 0 bridgehead atoms. The van der Waals surface area contributed by atoms with E-state index in [1.165, 1.54) is 18.3 Å². The van der Waals surface area contributed by atoms with Gasteiger partial charge >= 0.3 is 5.51 Å². The summed E-state index contributed by atoms with van der Waals surface area (Å²) in [6.45, 7) is 1.95. The molecule has 0 aliphatic rings. The van der Waals surface area contributed by atoms with Gasteiger partial charge in [-0.2, -0.15) is 13.2 Å². The molecule has 0 radical (unpaired) electrons. The third-order valence-electron chi connectivity index (χ3n) is 2.31. The number of hydrogen-bond acceptors (Lipinski definition) is 2. The molecule has 0 aliphatic carbocycles. The number of thioether (sulfide) groups is 1. The van der Waals surface area contributed by atoms with Crippen LogP contribution in [-0.2, 0) is 0 Å². The molecule has 0 N–H and O–H groups in total. The summed E-state index contributed by atoms with van der Waals surface area (Å²) in [6, 6.07) is 10.3. The molecule has 0 unspecified atom stereocenters. The second kappa shape index (κ2) is 5.02. The van der Waals surface area contributed by atoms with Crippen LogP contribution in [0.25, 0.3) is 11.3 Å². The Labute approximate surface area is 107 Å². The predicted molar refractivity (Wildman–Crippen MR) is 66.3 cm³/mol. The zero-order valence-corrected chi connectivity index (χ0v) is 10.3. The van der Waals surface area contributed by atoms with E-state index in [9.17, 15) is 13.2 Å². The Morgan fingerprint density at radius 3 is 2.33 bits per heavy atom. The first-order valence-electron chi connectivity index (χ1n) is 5.23. The van der Waals surface area contributed by atoms with Crippen LogP contribution in [-0.4, -0.2) is 10.5 Å². The Bertz CT molecular complexity index is 535. The van der Waals surface area contributed by atoms with Crippen molar-refractivity contribution in [1.82, 2.24) is 4.98 Å². The van der Waals surface area contributed by atoms with E-state index in [0.29, 0.717) is 5.69 Å². The van der Waals surface area contributed by atoms with Gasteiger partial charge in [0.05, 0.1) is 5.69 Å². The fourth-order valence-electron chi connectivity index (χ4n) is 1.49. The molecule has 1 heterocycles. The van der Waals surface area contributed by atoms with Gasteiger partial charge in [0.2, 0.25) is 0 Å². The average molecular weight is 269 g/mol. The number of rotatable bonds is 2. The first-order valence-corrected chi connectivity index (χ1v) is 6.04. The Kier molecular flexibility index (Phi) is 3.61. The van der Waals surface area contributed by atoms with Crippen molar-refractivity contribution in [2.45, 2.75) is 17.3 Å². The molecule has 0 fully saturated rings. The van der Waals surface area contributed by atoms with Crippen molar-refractivity contribution in [2.75, 3.05) is 0 Å². The van der Waals surface area contributed by atoms with Crippen LogP contribution in [0, 0.1) is 6.92 Å². The fraction of sp³-hybridized carbons (Fsp3) is 0.154. The summed E-state index contributed by atoms with van der Waals surface area (Å²) in [5, 5.41) is 0. The molecule has 0 saturated carbocycles. The van der Waals surface area contributed by atoms with Crippen LogP contribution in [0.3, 0.4) is 0 Å². The molecule has 2 rings (SSSR count). The summed E-state index contributed by atoms with van der Waals surface area (Å²) >= 11 is -0.127. The molecular weight excluding hydrogens is 259 g/mol. The van der Waals surface area contributed by atoms with Crippen molar-refractivity contribution in [1.29, 1.82) is 0 Å². The van der Waals surface area contributed by atoms with E-state index in [0.717, 1.165) is 11.1 Å². The van der Waals surface area contributed by atoms with Crippen LogP contribution < -0.4 is 0 Å². The highest BCUT2D eigenvalue weighted by atomic mass is 32.2. The topological polar surface area (TPSA) is 12.9 Å². The highest BCUT2D eigenvalue weighted by Crippen LogP contribution is 2.37. The van der Waals surface area contributed by atoms with Crippen LogP contribution in [0.5, 0.6) is 0 Å². The highest BCUT2D eigenvalue weighted by Gasteiger charge is 2.29. The number of nitrogens with zero attached hydrogens (tertiary/aromatic N) is 1. The Morgan fingerprint density at radius 1 is 1.06 bits per heavy atom. The minimum absolute atomic E-state index is 0.127. The van der Waals surface area contributed by atoms with E-state index in [-0.39, 0.29) is 16.7 Å². The van der Waals surface area contributed by atoms with Crippen LogP contribution in [0.15, 0.2) is 47.5 Å². The maximum absolute atomic E-state index is 12.3. The number of aryl methyl sites for hydroxylation is 1. The monoisotopic (exact) mass is 269 g/mol. The second-order valence-electron chi connectivity index (χ2n) is 3.79. The van der Waals surface area contributed by atoms with Gasteiger partial charge in [0.15, 0.2) is 0 Å². The zero-order chi connectivity index (χ0) is 13.2. The Morgan fingerprint density at radius 2 is 1.72 bits per heavy atom. The molecule has 0 atom stereocenters. The lowest BCUT2D eigenvalue weighted by atomic mass is 10.1. The molecule has 0 spiro atoms. The van der Waals surface area contributed by atoms with Crippen LogP contribution in [0.1, 0.15) is 5.56 Å². The molecule has 2 aromatic rings. The summed E-state index contributed by atoms with van der Waals surface area (Å²) in [5.74, 6) is 0. The van der Waals surface area contributed by atoms with E-state index >= 15 is 0 Å². The summed E-state index contributed by atoms with van der Waals surface area (Å²) < 4.78 is 36.8. The highest BCUT2D eigenvalue weighted by molar-refractivity contribution is 8.00. The van der Waals surface area contributed by atoms with E-state index in [1.54, 1.807) is 0 Å². The van der Waals surface area contributed by atoms with Gasteiger partial charge in [-0.15, -0.1) is 0 Å². The number of halogens is 3. The molecule has 1 nitrogen and oxygen atoms in total. The molecule has 1 aromatic carbocycles. The lowest BCUT2D eigenvalue weighted by Gasteiger charge is -2.07. The first-order chi connectivity index (χ1) is 8.44. The third-order valence-corrected chi connectivity index (χ3v) is 3.03. The van der Waals surface area contributed by atoms with Gasteiger partial charge in [0, 0.05) is 16.7 Å². The quantitative estimate of drug-likeness (QED) is 0.735. The molecule has 0 saturated heterocycles. The number of hydrogen-bond donors (Lipinski definition) is 0. The van der Waals surface area contributed by atoms with Gasteiger partial charge in [-0.1, -0.05) is 29.8 Å². The van der Waals surface area contributed by atoms with Crippen molar-refractivity contribution >= 4 is 11.8 Å². The van der Waals surface area contributed by atoms with E-state index in [1.807, 2.05) is 31.2 Å². The third kappa shape index (κ3) is 3.50. The van der Waals surface area contributed by atoms with Crippen molar-refractivity contribution < 1.29 is 13.2 Å². The summed E-state index contributed by atoms with van der Waals surface area (Å²) in [6.07, 6.45) is 1.39. The van der Waals surface area contributed by atoms with Crippen LogP contribution in [0.2, 0.25) is 0 Å². The largest absolute Gasteiger partial charge is 0.446 e. The van der Waals surface area contributed by atoms with Crippen molar-refractivity contribution in [2.24, 2.45) is 0 Å². The van der Waals surface area contributed by atoms with Gasteiger partial charge in [0.25, 0.3) is 0 Å². The lowest BCUT2D eigenvalue weighted by molar-refractivity contribution is -0.0328. The van der Waals surface area contributed by atoms with E-state index in [4.69, 9.17) is 0 Å². The molecule has 1 aromatic heterocycles. The van der Waals surface area contributed by atoms with Gasteiger partial charge in [-0.3, -0.25) is 4.98 Å². The molecular formula is C13H10F3NS. The van der Waals surface area contributed by atoms with Crippen molar-refractivity contribution in [3.05, 3.63) is 48.2 Å². The van der Waals surface area contributed by atoms with Crippen LogP contribution >= 0.6 is 11.8 Å². The van der Waals surface area contributed by atoms with Gasteiger partial charge < -0.3 is 0 Å². The fourth-order valence-corrected chi connectivity index (χ4v) is 2.06. The van der Waals surface area contributed by atoms with Crippen molar-refractivity contribution in [3.8, 4) is 11.3 Å².